The Morgan fingerprint density at radius 3 is 2.37 bits per heavy atom. The molecule has 41 heavy (non-hydrogen) atoms. The highest BCUT2D eigenvalue weighted by atomic mass is 16.6. The number of carbonyl (C=O) groups excluding carboxylic acids is 3. The maximum Gasteiger partial charge on any atom is 0.408 e. The van der Waals surface area contributed by atoms with E-state index in [2.05, 4.69) is 41.5 Å². The second kappa shape index (κ2) is 14.6. The molecule has 3 aromatic rings. The predicted octanol–water partition coefficient (Wildman–Crippen LogP) is 4.45. The number of alkyl carbamates (subject to hydrolysis) is 1. The molecule has 0 unspecified atom stereocenters. The van der Waals surface area contributed by atoms with Crippen molar-refractivity contribution in [3.05, 3.63) is 66.1 Å². The molecular weight excluding hydrogens is 524 g/mol. The summed E-state index contributed by atoms with van der Waals surface area (Å²) in [4.78, 5) is 50.6. The zero-order valence-corrected chi connectivity index (χ0v) is 24.1. The molecule has 12 heteroatoms. The molecule has 2 heterocycles. The van der Waals surface area contributed by atoms with Crippen molar-refractivity contribution in [2.24, 2.45) is 0 Å². The standard InChI is InChI=1S/C29H38N8O4/c1-6-13-31-24-23(18-33-27(37-24)32-16-12-20-10-14-30-15-11-20)26(39)36-22-9-7-8-21(17-22)35-25(38)19(2)34-28(40)41-29(3,4)5/h7-11,14-15,17-19H,6,12-13,16H2,1-5H3,(H,34,40)(H,35,38)(H,36,39)(H2,31,32,33,37)/t19-/m1/s1. The number of anilines is 4. The van der Waals surface area contributed by atoms with Gasteiger partial charge in [-0.1, -0.05) is 13.0 Å². The van der Waals surface area contributed by atoms with Gasteiger partial charge in [0.1, 0.15) is 23.0 Å². The number of hydrogen-bond donors (Lipinski definition) is 5. The molecule has 12 nitrogen and oxygen atoms in total. The van der Waals surface area contributed by atoms with E-state index < -0.39 is 29.6 Å². The van der Waals surface area contributed by atoms with Gasteiger partial charge in [-0.2, -0.15) is 4.98 Å². The molecule has 3 rings (SSSR count). The van der Waals surface area contributed by atoms with Crippen LogP contribution in [0.1, 0.15) is 57.0 Å². The van der Waals surface area contributed by atoms with Crippen LogP contribution in [0.25, 0.3) is 0 Å². The third kappa shape index (κ3) is 10.4. The quantitative estimate of drug-likeness (QED) is 0.215. The van der Waals surface area contributed by atoms with E-state index in [0.29, 0.717) is 36.2 Å². The molecule has 1 aromatic carbocycles. The summed E-state index contributed by atoms with van der Waals surface area (Å²) in [6.45, 7) is 10.0. The first-order valence-electron chi connectivity index (χ1n) is 13.5. The molecule has 0 aliphatic rings. The van der Waals surface area contributed by atoms with Crippen LogP contribution in [0, 0.1) is 0 Å². The Labute approximate surface area is 240 Å². The summed E-state index contributed by atoms with van der Waals surface area (Å²) in [7, 11) is 0. The van der Waals surface area contributed by atoms with Gasteiger partial charge in [-0.25, -0.2) is 9.78 Å². The molecule has 0 aliphatic carbocycles. The van der Waals surface area contributed by atoms with Crippen LogP contribution in [0.4, 0.5) is 27.9 Å². The van der Waals surface area contributed by atoms with Crippen LogP contribution in [0.3, 0.4) is 0 Å². The summed E-state index contributed by atoms with van der Waals surface area (Å²) in [6, 6.07) is 9.75. The highest BCUT2D eigenvalue weighted by Gasteiger charge is 2.21. The lowest BCUT2D eigenvalue weighted by Crippen LogP contribution is -2.43. The summed E-state index contributed by atoms with van der Waals surface area (Å²) < 4.78 is 5.19. The van der Waals surface area contributed by atoms with E-state index in [1.807, 2.05) is 19.1 Å². The summed E-state index contributed by atoms with van der Waals surface area (Å²) in [5.74, 6) is -0.0218. The Bertz CT molecular complexity index is 1330. The van der Waals surface area contributed by atoms with E-state index in [9.17, 15) is 14.4 Å². The smallest absolute Gasteiger partial charge is 0.408 e. The van der Waals surface area contributed by atoms with Gasteiger partial charge in [-0.3, -0.25) is 14.6 Å². The van der Waals surface area contributed by atoms with Gasteiger partial charge in [0.05, 0.1) is 0 Å². The molecule has 0 spiro atoms. The second-order valence-electron chi connectivity index (χ2n) is 10.3. The lowest BCUT2D eigenvalue weighted by Gasteiger charge is -2.21. The monoisotopic (exact) mass is 562 g/mol. The number of rotatable bonds is 12. The third-order valence-electron chi connectivity index (χ3n) is 5.54. The zero-order valence-electron chi connectivity index (χ0n) is 24.1. The topological polar surface area (TPSA) is 159 Å². The van der Waals surface area contributed by atoms with Gasteiger partial charge in [0.2, 0.25) is 11.9 Å². The molecular formula is C29H38N8O4. The van der Waals surface area contributed by atoms with Crippen LogP contribution in [0.2, 0.25) is 0 Å². The van der Waals surface area contributed by atoms with Gasteiger partial charge in [0, 0.05) is 43.1 Å². The number of nitrogens with zero attached hydrogens (tertiary/aromatic N) is 3. The fraction of sp³-hybridized carbons (Fsp3) is 0.379. The molecule has 0 radical (unpaired) electrons. The average molecular weight is 563 g/mol. The minimum absolute atomic E-state index is 0.280. The normalized spacial score (nSPS) is 11.6. The number of pyridine rings is 1. The number of ether oxygens (including phenoxy) is 1. The number of nitrogens with one attached hydrogen (secondary N) is 5. The Hall–Kier alpha value is -4.74. The van der Waals surface area contributed by atoms with E-state index in [0.717, 1.165) is 18.4 Å². The van der Waals surface area contributed by atoms with Crippen molar-refractivity contribution in [1.82, 2.24) is 20.3 Å². The first kappa shape index (κ1) is 30.8. The fourth-order valence-electron chi connectivity index (χ4n) is 3.55. The van der Waals surface area contributed by atoms with Crippen molar-refractivity contribution in [3.63, 3.8) is 0 Å². The molecule has 0 aliphatic heterocycles. The second-order valence-corrected chi connectivity index (χ2v) is 10.3. The van der Waals surface area contributed by atoms with Gasteiger partial charge in [-0.15, -0.1) is 0 Å². The van der Waals surface area contributed by atoms with E-state index in [1.54, 1.807) is 64.4 Å². The molecule has 0 bridgehead atoms. The Morgan fingerprint density at radius 2 is 1.68 bits per heavy atom. The minimum atomic E-state index is -0.843. The van der Waals surface area contributed by atoms with Crippen LogP contribution in [0.15, 0.2) is 55.0 Å². The van der Waals surface area contributed by atoms with Gasteiger partial charge in [0.15, 0.2) is 0 Å². The maximum absolute atomic E-state index is 13.2. The third-order valence-corrected chi connectivity index (χ3v) is 5.54. The maximum atomic E-state index is 13.2. The van der Waals surface area contributed by atoms with Gasteiger partial charge in [0.25, 0.3) is 5.91 Å². The predicted molar refractivity (Wildman–Crippen MR) is 159 cm³/mol. The van der Waals surface area contributed by atoms with Crippen molar-refractivity contribution < 1.29 is 19.1 Å². The number of carbonyl (C=O) groups is 3. The Balaban J connectivity index is 1.63. The Morgan fingerprint density at radius 1 is 0.976 bits per heavy atom. The van der Waals surface area contributed by atoms with Gasteiger partial charge in [-0.05, 0) is 76.4 Å². The lowest BCUT2D eigenvalue weighted by molar-refractivity contribution is -0.117. The van der Waals surface area contributed by atoms with Crippen LogP contribution < -0.4 is 26.6 Å². The number of benzene rings is 1. The average Bonchev–Trinajstić information content (AvgIpc) is 2.91. The number of aromatic nitrogens is 3. The molecule has 0 saturated carbocycles. The largest absolute Gasteiger partial charge is 0.444 e. The first-order valence-corrected chi connectivity index (χ1v) is 13.5. The highest BCUT2D eigenvalue weighted by molar-refractivity contribution is 6.07. The molecule has 0 saturated heterocycles. The first-order chi connectivity index (χ1) is 19.5. The van der Waals surface area contributed by atoms with Crippen molar-refractivity contribution in [2.45, 2.75) is 59.1 Å². The summed E-state index contributed by atoms with van der Waals surface area (Å²) >= 11 is 0. The van der Waals surface area contributed by atoms with Crippen LogP contribution in [-0.4, -0.2) is 57.6 Å². The van der Waals surface area contributed by atoms with E-state index >= 15 is 0 Å². The van der Waals surface area contributed by atoms with Gasteiger partial charge < -0.3 is 31.3 Å². The van der Waals surface area contributed by atoms with Crippen LogP contribution >= 0.6 is 0 Å². The summed E-state index contributed by atoms with van der Waals surface area (Å²) in [5, 5.41) is 14.5. The lowest BCUT2D eigenvalue weighted by atomic mass is 10.2. The molecule has 218 valence electrons. The Kier molecular flexibility index (Phi) is 11.0. The van der Waals surface area contributed by atoms with Crippen molar-refractivity contribution in [2.75, 3.05) is 34.4 Å². The van der Waals surface area contributed by atoms with Crippen LogP contribution in [0.5, 0.6) is 0 Å². The van der Waals surface area contributed by atoms with Crippen molar-refractivity contribution in [1.29, 1.82) is 0 Å². The zero-order chi connectivity index (χ0) is 29.8. The fourth-order valence-corrected chi connectivity index (χ4v) is 3.55. The molecule has 3 amide bonds. The molecule has 5 N–H and O–H groups in total. The molecule has 0 fully saturated rings. The number of amides is 3. The van der Waals surface area contributed by atoms with Crippen molar-refractivity contribution in [3.8, 4) is 0 Å². The summed E-state index contributed by atoms with van der Waals surface area (Å²) in [5.41, 5.74) is 1.64. The van der Waals surface area contributed by atoms with Crippen molar-refractivity contribution >= 4 is 41.0 Å². The van der Waals surface area contributed by atoms with Crippen LogP contribution in [-0.2, 0) is 16.0 Å². The van der Waals surface area contributed by atoms with E-state index in [4.69, 9.17) is 4.74 Å². The number of hydrogen-bond acceptors (Lipinski definition) is 9. The van der Waals surface area contributed by atoms with E-state index in [-0.39, 0.29) is 5.56 Å². The van der Waals surface area contributed by atoms with Gasteiger partial charge >= 0.3 is 6.09 Å². The molecule has 1 atom stereocenters. The SMILES string of the molecule is CCCNc1nc(NCCc2ccncc2)ncc1C(=O)Nc1cccc(NC(=O)[C@@H](C)NC(=O)OC(C)(C)C)c1. The highest BCUT2D eigenvalue weighted by Crippen LogP contribution is 2.20. The summed E-state index contributed by atoms with van der Waals surface area (Å²) in [6.07, 6.45) is 5.91. The van der Waals surface area contributed by atoms with E-state index in [1.165, 1.54) is 6.20 Å². The minimum Gasteiger partial charge on any atom is -0.444 e. The molecule has 2 aromatic heterocycles.